The number of amides is 1. The Morgan fingerprint density at radius 2 is 2.00 bits per heavy atom. The van der Waals surface area contributed by atoms with Crippen LogP contribution >= 0.6 is 22.9 Å². The van der Waals surface area contributed by atoms with Crippen molar-refractivity contribution in [2.24, 2.45) is 5.92 Å². The Hall–Kier alpha value is -1.36. The van der Waals surface area contributed by atoms with Gasteiger partial charge in [-0.1, -0.05) is 23.7 Å². The van der Waals surface area contributed by atoms with Crippen molar-refractivity contribution in [3.63, 3.8) is 0 Å². The zero-order chi connectivity index (χ0) is 15.5. The topological polar surface area (TPSA) is 41.1 Å². The van der Waals surface area contributed by atoms with E-state index in [1.807, 2.05) is 24.3 Å². The molecule has 0 spiro atoms. The maximum Gasteiger partial charge on any atom is 0.227 e. The Labute approximate surface area is 139 Å². The monoisotopic (exact) mass is 334 g/mol. The summed E-state index contributed by atoms with van der Waals surface area (Å²) in [5.41, 5.74) is 2.07. The van der Waals surface area contributed by atoms with Crippen LogP contribution in [0.3, 0.4) is 0 Å². The van der Waals surface area contributed by atoms with Gasteiger partial charge in [0.1, 0.15) is 0 Å². The van der Waals surface area contributed by atoms with Crippen molar-refractivity contribution >= 4 is 34.5 Å². The molecule has 0 bridgehead atoms. The molecule has 1 fully saturated rings. The normalized spacial score (nSPS) is 15.5. The van der Waals surface area contributed by atoms with Crippen molar-refractivity contribution in [3.05, 3.63) is 51.2 Å². The highest BCUT2D eigenvalue weighted by Crippen LogP contribution is 2.30. The van der Waals surface area contributed by atoms with Crippen LogP contribution in [-0.4, -0.2) is 5.91 Å². The Bertz CT molecular complexity index is 649. The number of anilines is 1. The standard InChI is InChI=1S/C17H19ClN2OS/c1-11(19-10-15-8-9-16(18)22-15)12-4-6-14(7-5-12)20-17(21)13-2-3-13/h4-9,11,13,19H,2-3,10H2,1H3,(H,20,21). The summed E-state index contributed by atoms with van der Waals surface area (Å²) in [5, 5.41) is 6.44. The average molecular weight is 335 g/mol. The fourth-order valence-corrected chi connectivity index (χ4v) is 3.30. The van der Waals surface area contributed by atoms with E-state index >= 15 is 0 Å². The molecule has 1 amide bonds. The number of nitrogens with one attached hydrogen (secondary N) is 2. The number of carbonyl (C=O) groups is 1. The molecule has 0 saturated heterocycles. The van der Waals surface area contributed by atoms with Gasteiger partial charge in [0.15, 0.2) is 0 Å². The molecule has 3 nitrogen and oxygen atoms in total. The van der Waals surface area contributed by atoms with Gasteiger partial charge < -0.3 is 10.6 Å². The van der Waals surface area contributed by atoms with Crippen molar-refractivity contribution in [1.29, 1.82) is 0 Å². The Balaban J connectivity index is 1.53. The van der Waals surface area contributed by atoms with Crippen LogP contribution in [0.25, 0.3) is 0 Å². The molecule has 1 aliphatic rings. The molecule has 22 heavy (non-hydrogen) atoms. The van der Waals surface area contributed by atoms with Gasteiger partial charge in [-0.3, -0.25) is 4.79 Å². The van der Waals surface area contributed by atoms with Gasteiger partial charge in [-0.15, -0.1) is 11.3 Å². The van der Waals surface area contributed by atoms with Gasteiger partial charge >= 0.3 is 0 Å². The SMILES string of the molecule is CC(NCc1ccc(Cl)s1)c1ccc(NC(=O)C2CC2)cc1. The Kier molecular flexibility index (Phi) is 4.81. The highest BCUT2D eigenvalue weighted by molar-refractivity contribution is 7.16. The largest absolute Gasteiger partial charge is 0.326 e. The molecule has 2 aromatic rings. The maximum absolute atomic E-state index is 11.7. The van der Waals surface area contributed by atoms with E-state index in [0.29, 0.717) is 0 Å². The summed E-state index contributed by atoms with van der Waals surface area (Å²) in [6.07, 6.45) is 2.05. The average Bonchev–Trinajstić information content (AvgIpc) is 3.29. The van der Waals surface area contributed by atoms with Gasteiger partial charge in [0.2, 0.25) is 5.91 Å². The lowest BCUT2D eigenvalue weighted by molar-refractivity contribution is -0.117. The van der Waals surface area contributed by atoms with E-state index in [-0.39, 0.29) is 17.9 Å². The van der Waals surface area contributed by atoms with E-state index in [9.17, 15) is 4.79 Å². The minimum atomic E-state index is 0.147. The summed E-state index contributed by atoms with van der Waals surface area (Å²) in [6.45, 7) is 2.94. The molecule has 1 heterocycles. The van der Waals surface area contributed by atoms with Crippen molar-refractivity contribution in [3.8, 4) is 0 Å². The highest BCUT2D eigenvalue weighted by atomic mass is 35.5. The van der Waals surface area contributed by atoms with Crippen LogP contribution in [0.5, 0.6) is 0 Å². The molecule has 1 saturated carbocycles. The molecule has 2 N–H and O–H groups in total. The van der Waals surface area contributed by atoms with Crippen LogP contribution in [0.1, 0.15) is 36.2 Å². The summed E-state index contributed by atoms with van der Waals surface area (Å²) < 4.78 is 0.820. The molecule has 1 aliphatic carbocycles. The molecule has 5 heteroatoms. The summed E-state index contributed by atoms with van der Waals surface area (Å²) in [7, 11) is 0. The predicted octanol–water partition coefficient (Wildman–Crippen LogP) is 4.60. The number of benzene rings is 1. The number of hydrogen-bond acceptors (Lipinski definition) is 3. The first kappa shape index (κ1) is 15.5. The van der Waals surface area contributed by atoms with Crippen LogP contribution in [0, 0.1) is 5.92 Å². The fourth-order valence-electron chi connectivity index (χ4n) is 2.26. The number of carbonyl (C=O) groups excluding carboxylic acids is 1. The van der Waals surface area contributed by atoms with Crippen molar-refractivity contribution in [1.82, 2.24) is 5.32 Å². The lowest BCUT2D eigenvalue weighted by Crippen LogP contribution is -2.17. The van der Waals surface area contributed by atoms with E-state index in [1.54, 1.807) is 11.3 Å². The molecule has 1 unspecified atom stereocenters. The smallest absolute Gasteiger partial charge is 0.227 e. The van der Waals surface area contributed by atoms with E-state index in [1.165, 1.54) is 10.4 Å². The van der Waals surface area contributed by atoms with E-state index in [4.69, 9.17) is 11.6 Å². The first-order chi connectivity index (χ1) is 10.6. The lowest BCUT2D eigenvalue weighted by atomic mass is 10.1. The van der Waals surface area contributed by atoms with Crippen LogP contribution in [-0.2, 0) is 11.3 Å². The van der Waals surface area contributed by atoms with Crippen molar-refractivity contribution in [2.45, 2.75) is 32.4 Å². The number of hydrogen-bond donors (Lipinski definition) is 2. The third-order valence-electron chi connectivity index (χ3n) is 3.84. The van der Waals surface area contributed by atoms with E-state index in [2.05, 4.69) is 29.7 Å². The molecular weight excluding hydrogens is 316 g/mol. The van der Waals surface area contributed by atoms with Gasteiger partial charge in [0, 0.05) is 29.1 Å². The molecule has 116 valence electrons. The second-order valence-electron chi connectivity index (χ2n) is 5.69. The van der Waals surface area contributed by atoms with Crippen LogP contribution < -0.4 is 10.6 Å². The molecule has 1 aromatic carbocycles. The van der Waals surface area contributed by atoms with E-state index < -0.39 is 0 Å². The molecule has 1 atom stereocenters. The highest BCUT2D eigenvalue weighted by Gasteiger charge is 2.29. The van der Waals surface area contributed by atoms with Gasteiger partial charge in [0.25, 0.3) is 0 Å². The lowest BCUT2D eigenvalue weighted by Gasteiger charge is -2.14. The van der Waals surface area contributed by atoms with Crippen LogP contribution in [0.2, 0.25) is 4.34 Å². The van der Waals surface area contributed by atoms with Gasteiger partial charge in [-0.2, -0.15) is 0 Å². The van der Waals surface area contributed by atoms with Crippen LogP contribution in [0.4, 0.5) is 5.69 Å². The molecule has 1 aromatic heterocycles. The molecule has 3 rings (SSSR count). The van der Waals surface area contributed by atoms with Crippen LogP contribution in [0.15, 0.2) is 36.4 Å². The zero-order valence-electron chi connectivity index (χ0n) is 12.4. The first-order valence-electron chi connectivity index (χ1n) is 7.50. The predicted molar refractivity (Wildman–Crippen MR) is 92.4 cm³/mol. The minimum Gasteiger partial charge on any atom is -0.326 e. The van der Waals surface area contributed by atoms with Gasteiger partial charge in [0.05, 0.1) is 4.34 Å². The Morgan fingerprint density at radius 3 is 2.59 bits per heavy atom. The van der Waals surface area contributed by atoms with Crippen molar-refractivity contribution in [2.75, 3.05) is 5.32 Å². The molecular formula is C17H19ClN2OS. The summed E-state index contributed by atoms with van der Waals surface area (Å²) in [5.74, 6) is 0.381. The molecule has 0 aliphatic heterocycles. The maximum atomic E-state index is 11.7. The second-order valence-corrected chi connectivity index (χ2v) is 7.49. The van der Waals surface area contributed by atoms with Crippen molar-refractivity contribution < 1.29 is 4.79 Å². The number of rotatable bonds is 6. The quantitative estimate of drug-likeness (QED) is 0.810. The third kappa shape index (κ3) is 4.09. The zero-order valence-corrected chi connectivity index (χ0v) is 14.0. The third-order valence-corrected chi connectivity index (χ3v) is 5.07. The molecule has 0 radical (unpaired) electrons. The van der Waals surface area contributed by atoms with Gasteiger partial charge in [-0.25, -0.2) is 0 Å². The fraction of sp³-hybridized carbons (Fsp3) is 0.353. The Morgan fingerprint density at radius 1 is 1.27 bits per heavy atom. The second kappa shape index (κ2) is 6.82. The number of thiophene rings is 1. The number of halogens is 1. The summed E-state index contributed by atoms with van der Waals surface area (Å²) >= 11 is 7.53. The van der Waals surface area contributed by atoms with Gasteiger partial charge in [-0.05, 0) is 49.6 Å². The first-order valence-corrected chi connectivity index (χ1v) is 8.69. The summed E-state index contributed by atoms with van der Waals surface area (Å²) in [6, 6.07) is 12.3. The van der Waals surface area contributed by atoms with E-state index in [0.717, 1.165) is 29.4 Å². The minimum absolute atomic E-state index is 0.147. The summed E-state index contributed by atoms with van der Waals surface area (Å²) in [4.78, 5) is 12.9.